The van der Waals surface area contributed by atoms with Crippen LogP contribution in [-0.4, -0.2) is 53.8 Å². The Labute approximate surface area is 189 Å². The van der Waals surface area contributed by atoms with Gasteiger partial charge in [-0.15, -0.1) is 0 Å². The summed E-state index contributed by atoms with van der Waals surface area (Å²) >= 11 is 0. The van der Waals surface area contributed by atoms with Crippen LogP contribution in [0.2, 0.25) is 0 Å². The van der Waals surface area contributed by atoms with Gasteiger partial charge < -0.3 is 18.9 Å². The first kappa shape index (κ1) is 22.7. The molecule has 2 bridgehead atoms. The number of benzene rings is 1. The highest BCUT2D eigenvalue weighted by molar-refractivity contribution is 6.23. The molecule has 0 aromatic heterocycles. The molecule has 174 valence electrons. The zero-order valence-electron chi connectivity index (χ0n) is 18.5. The third-order valence-corrected chi connectivity index (χ3v) is 6.03. The molecule has 3 aliphatic heterocycles. The average molecular weight is 457 g/mol. The topological polar surface area (TPSA) is 126 Å². The van der Waals surface area contributed by atoms with Crippen LogP contribution in [-0.2, 0) is 38.1 Å². The Bertz CT molecular complexity index is 1060. The van der Waals surface area contributed by atoms with E-state index in [1.165, 1.54) is 30.3 Å². The van der Waals surface area contributed by atoms with Gasteiger partial charge in [0.05, 0.1) is 35.3 Å². The van der Waals surface area contributed by atoms with Crippen molar-refractivity contribution in [2.75, 3.05) is 11.5 Å². The van der Waals surface area contributed by atoms with Crippen molar-refractivity contribution in [3.63, 3.8) is 0 Å². The van der Waals surface area contributed by atoms with Gasteiger partial charge in [0.1, 0.15) is 0 Å². The summed E-state index contributed by atoms with van der Waals surface area (Å²) in [5.41, 5.74) is -2.28. The largest absolute Gasteiger partial charge is 0.462 e. The standard InChI is InChI=1S/C23H23NO9/c1-5-30-20(29)14-6-8-15(9-7-14)24-18(27)16-17(19(24)28)23(11-10-22(16,4)33-23)21(31-12(2)25)32-13(3)26/h6-11,16-17,21H,5H2,1-4H3/t16-,17-,22-,23-/m1/s1. The Kier molecular flexibility index (Phi) is 5.36. The summed E-state index contributed by atoms with van der Waals surface area (Å²) in [4.78, 5) is 63.3. The van der Waals surface area contributed by atoms with Crippen molar-refractivity contribution in [1.82, 2.24) is 0 Å². The number of fused-ring (bicyclic) bond motifs is 5. The van der Waals surface area contributed by atoms with Crippen LogP contribution < -0.4 is 4.90 Å². The lowest BCUT2D eigenvalue weighted by molar-refractivity contribution is -0.231. The zero-order valence-corrected chi connectivity index (χ0v) is 18.5. The second kappa shape index (κ2) is 7.80. The van der Waals surface area contributed by atoms with E-state index in [0.29, 0.717) is 0 Å². The summed E-state index contributed by atoms with van der Waals surface area (Å²) in [7, 11) is 0. The normalized spacial score (nSPS) is 29.4. The van der Waals surface area contributed by atoms with Crippen molar-refractivity contribution in [2.45, 2.75) is 45.2 Å². The number of esters is 3. The number of rotatable bonds is 6. The minimum atomic E-state index is -1.65. The molecule has 1 aromatic rings. The lowest BCUT2D eigenvalue weighted by atomic mass is 9.72. The van der Waals surface area contributed by atoms with E-state index in [0.717, 1.165) is 18.7 Å². The molecule has 0 spiro atoms. The van der Waals surface area contributed by atoms with E-state index in [9.17, 15) is 24.0 Å². The van der Waals surface area contributed by atoms with Crippen LogP contribution in [0.1, 0.15) is 38.1 Å². The summed E-state index contributed by atoms with van der Waals surface area (Å²) in [6.45, 7) is 5.82. The highest BCUT2D eigenvalue weighted by Crippen LogP contribution is 2.59. The van der Waals surface area contributed by atoms with E-state index in [1.807, 2.05) is 0 Å². The van der Waals surface area contributed by atoms with Crippen LogP contribution in [0, 0.1) is 11.8 Å². The predicted molar refractivity (Wildman–Crippen MR) is 111 cm³/mol. The molecule has 10 heteroatoms. The summed E-state index contributed by atoms with van der Waals surface area (Å²) in [6.07, 6.45) is 1.58. The first-order valence-electron chi connectivity index (χ1n) is 10.4. The molecule has 1 aromatic carbocycles. The Morgan fingerprint density at radius 2 is 1.58 bits per heavy atom. The van der Waals surface area contributed by atoms with Crippen LogP contribution in [0.25, 0.3) is 0 Å². The molecule has 2 saturated heterocycles. The highest BCUT2D eigenvalue weighted by Gasteiger charge is 2.75. The van der Waals surface area contributed by atoms with Gasteiger partial charge >= 0.3 is 17.9 Å². The number of carbonyl (C=O) groups is 5. The average Bonchev–Trinajstić information content (AvgIpc) is 3.33. The van der Waals surface area contributed by atoms with E-state index in [1.54, 1.807) is 19.9 Å². The highest BCUT2D eigenvalue weighted by atomic mass is 16.7. The summed E-state index contributed by atoms with van der Waals surface area (Å²) < 4.78 is 21.5. The minimum Gasteiger partial charge on any atom is -0.462 e. The van der Waals surface area contributed by atoms with Gasteiger partial charge in [0.2, 0.25) is 11.8 Å². The van der Waals surface area contributed by atoms with Crippen molar-refractivity contribution < 1.29 is 42.9 Å². The smallest absolute Gasteiger partial charge is 0.338 e. The second-order valence-corrected chi connectivity index (χ2v) is 8.26. The van der Waals surface area contributed by atoms with Gasteiger partial charge in [0, 0.05) is 13.8 Å². The molecule has 0 saturated carbocycles. The number of amides is 2. The first-order chi connectivity index (χ1) is 15.5. The van der Waals surface area contributed by atoms with Gasteiger partial charge in [-0.3, -0.25) is 19.2 Å². The van der Waals surface area contributed by atoms with Crippen molar-refractivity contribution in [2.24, 2.45) is 11.8 Å². The molecule has 2 fully saturated rings. The number of ether oxygens (including phenoxy) is 4. The molecule has 0 aliphatic carbocycles. The lowest BCUT2D eigenvalue weighted by Gasteiger charge is -2.34. The van der Waals surface area contributed by atoms with E-state index < -0.39 is 59.1 Å². The summed E-state index contributed by atoms with van der Waals surface area (Å²) in [5.74, 6) is -5.12. The molecule has 0 N–H and O–H groups in total. The SMILES string of the molecule is CCOC(=O)c1ccc(N2C(=O)[C@H]3[C@H](C2=O)[C@@]2(C(OC(C)=O)OC(C)=O)C=C[C@@]3(C)O2)cc1. The Hall–Kier alpha value is -3.53. The summed E-state index contributed by atoms with van der Waals surface area (Å²) in [6, 6.07) is 5.88. The van der Waals surface area contributed by atoms with Crippen LogP contribution in [0.15, 0.2) is 36.4 Å². The minimum absolute atomic E-state index is 0.215. The van der Waals surface area contributed by atoms with Gasteiger partial charge in [0.15, 0.2) is 5.60 Å². The van der Waals surface area contributed by atoms with Crippen LogP contribution >= 0.6 is 0 Å². The van der Waals surface area contributed by atoms with E-state index in [2.05, 4.69) is 0 Å². The molecular weight excluding hydrogens is 434 g/mol. The quantitative estimate of drug-likeness (QED) is 0.270. The van der Waals surface area contributed by atoms with Gasteiger partial charge in [-0.1, -0.05) is 6.08 Å². The third-order valence-electron chi connectivity index (χ3n) is 6.03. The number of anilines is 1. The monoisotopic (exact) mass is 457 g/mol. The molecule has 3 heterocycles. The summed E-state index contributed by atoms with van der Waals surface area (Å²) in [5, 5.41) is 0. The Balaban J connectivity index is 1.71. The van der Waals surface area contributed by atoms with Gasteiger partial charge in [-0.25, -0.2) is 9.69 Å². The fourth-order valence-corrected chi connectivity index (χ4v) is 4.78. The number of nitrogens with zero attached hydrogens (tertiary/aromatic N) is 1. The van der Waals surface area contributed by atoms with E-state index >= 15 is 0 Å². The number of carbonyl (C=O) groups excluding carboxylic acids is 5. The molecule has 2 amide bonds. The lowest BCUT2D eigenvalue weighted by Crippen LogP contribution is -2.52. The Morgan fingerprint density at radius 1 is 1.00 bits per heavy atom. The number of imide groups is 1. The molecular formula is C23H23NO9. The van der Waals surface area contributed by atoms with Crippen LogP contribution in [0.5, 0.6) is 0 Å². The fourth-order valence-electron chi connectivity index (χ4n) is 4.78. The second-order valence-electron chi connectivity index (χ2n) is 8.26. The molecule has 4 rings (SSSR count). The molecule has 4 atom stereocenters. The maximum absolute atomic E-state index is 13.6. The van der Waals surface area contributed by atoms with Crippen LogP contribution in [0.3, 0.4) is 0 Å². The maximum Gasteiger partial charge on any atom is 0.338 e. The molecule has 0 unspecified atom stereocenters. The Morgan fingerprint density at radius 3 is 2.12 bits per heavy atom. The predicted octanol–water partition coefficient (Wildman–Crippen LogP) is 1.52. The molecule has 10 nitrogen and oxygen atoms in total. The van der Waals surface area contributed by atoms with E-state index in [-0.39, 0.29) is 17.9 Å². The van der Waals surface area contributed by atoms with Crippen molar-refractivity contribution in [3.05, 3.63) is 42.0 Å². The maximum atomic E-state index is 13.6. The van der Waals surface area contributed by atoms with Crippen molar-refractivity contribution in [3.8, 4) is 0 Å². The molecule has 3 aliphatic rings. The van der Waals surface area contributed by atoms with E-state index in [4.69, 9.17) is 18.9 Å². The number of hydrogen-bond acceptors (Lipinski definition) is 9. The fraction of sp³-hybridized carbons (Fsp3) is 0.435. The van der Waals surface area contributed by atoms with Gasteiger partial charge in [-0.05, 0) is 44.2 Å². The van der Waals surface area contributed by atoms with Crippen LogP contribution in [0.4, 0.5) is 5.69 Å². The first-order valence-corrected chi connectivity index (χ1v) is 10.4. The zero-order chi connectivity index (χ0) is 24.1. The van der Waals surface area contributed by atoms with Crippen molar-refractivity contribution in [1.29, 1.82) is 0 Å². The van der Waals surface area contributed by atoms with Crippen molar-refractivity contribution >= 4 is 35.4 Å². The molecule has 33 heavy (non-hydrogen) atoms. The van der Waals surface area contributed by atoms with Gasteiger partial charge in [0.25, 0.3) is 6.29 Å². The molecule has 0 radical (unpaired) electrons. The van der Waals surface area contributed by atoms with Gasteiger partial charge in [-0.2, -0.15) is 0 Å². The number of hydrogen-bond donors (Lipinski definition) is 0. The third kappa shape index (κ3) is 3.41.